The second-order valence-corrected chi connectivity index (χ2v) is 8.68. The number of anilines is 1. The molecule has 1 saturated heterocycles. The quantitative estimate of drug-likeness (QED) is 0.531. The van der Waals surface area contributed by atoms with Gasteiger partial charge in [0.05, 0.1) is 18.5 Å². The highest BCUT2D eigenvalue weighted by molar-refractivity contribution is 5.97. The van der Waals surface area contributed by atoms with Crippen LogP contribution in [0.3, 0.4) is 0 Å². The van der Waals surface area contributed by atoms with Crippen molar-refractivity contribution in [3.8, 4) is 6.07 Å². The zero-order chi connectivity index (χ0) is 27.1. The zero-order valence-corrected chi connectivity index (χ0v) is 19.1. The molecule has 2 fully saturated rings. The molecule has 1 aromatic carbocycles. The van der Waals surface area contributed by atoms with Crippen molar-refractivity contribution in [1.29, 1.82) is 5.26 Å². The minimum absolute atomic E-state index is 0.0477. The van der Waals surface area contributed by atoms with Crippen LogP contribution in [0.15, 0.2) is 30.3 Å². The lowest BCUT2D eigenvalue weighted by Crippen LogP contribution is -2.52. The molecule has 0 aromatic heterocycles. The van der Waals surface area contributed by atoms with Crippen molar-refractivity contribution in [3.05, 3.63) is 30.3 Å². The van der Waals surface area contributed by atoms with E-state index < -0.39 is 65.7 Å². The molecular formula is C22H22F5N5O4. The van der Waals surface area contributed by atoms with Gasteiger partial charge >= 0.3 is 17.5 Å². The molecule has 0 bridgehead atoms. The van der Waals surface area contributed by atoms with E-state index in [9.17, 15) is 46.4 Å². The van der Waals surface area contributed by atoms with Crippen molar-refractivity contribution >= 4 is 29.3 Å². The third kappa shape index (κ3) is 4.33. The number of carbonyl (C=O) groups excluding carboxylic acids is 4. The molecule has 1 aliphatic carbocycles. The summed E-state index contributed by atoms with van der Waals surface area (Å²) in [4.78, 5) is 51.3. The first-order chi connectivity index (χ1) is 16.7. The fourth-order valence-electron chi connectivity index (χ4n) is 3.92. The van der Waals surface area contributed by atoms with Crippen molar-refractivity contribution in [1.82, 2.24) is 15.1 Å². The highest BCUT2D eigenvalue weighted by Gasteiger charge is 3.02. The van der Waals surface area contributed by atoms with Gasteiger partial charge in [0.15, 0.2) is 0 Å². The topological polar surface area (TPSA) is 123 Å². The average molecular weight is 515 g/mol. The van der Waals surface area contributed by atoms with Gasteiger partial charge in [0, 0.05) is 19.3 Å². The van der Waals surface area contributed by atoms with Crippen LogP contribution in [0, 0.1) is 17.2 Å². The molecule has 1 aliphatic heterocycles. The number of alkyl halides is 5. The van der Waals surface area contributed by atoms with Gasteiger partial charge in [-0.25, -0.2) is 4.39 Å². The van der Waals surface area contributed by atoms with E-state index in [4.69, 9.17) is 0 Å². The van der Waals surface area contributed by atoms with Gasteiger partial charge in [-0.15, -0.1) is 0 Å². The van der Waals surface area contributed by atoms with Gasteiger partial charge in [-0.3, -0.25) is 19.2 Å². The highest BCUT2D eigenvalue weighted by Crippen LogP contribution is 2.68. The summed E-state index contributed by atoms with van der Waals surface area (Å²) in [5, 5.41) is 13.6. The van der Waals surface area contributed by atoms with Gasteiger partial charge in [-0.1, -0.05) is 18.2 Å². The van der Waals surface area contributed by atoms with E-state index in [0.29, 0.717) is 5.69 Å². The van der Waals surface area contributed by atoms with Gasteiger partial charge in [0.2, 0.25) is 17.7 Å². The number of hydrogen-bond donors (Lipinski definition) is 2. The molecule has 3 atom stereocenters. The van der Waals surface area contributed by atoms with Gasteiger partial charge in [-0.2, -0.15) is 22.8 Å². The van der Waals surface area contributed by atoms with Crippen molar-refractivity contribution in [2.75, 3.05) is 25.5 Å². The largest absolute Gasteiger partial charge is 0.362 e. The summed E-state index contributed by atoms with van der Waals surface area (Å²) in [6, 6.07) is 7.74. The van der Waals surface area contributed by atoms with E-state index in [1.807, 2.05) is 6.07 Å². The third-order valence-corrected chi connectivity index (χ3v) is 6.16. The molecule has 2 N–H and O–H groups in total. The Morgan fingerprint density at radius 3 is 2.25 bits per heavy atom. The average Bonchev–Trinajstić information content (AvgIpc) is 3.15. The first-order valence-corrected chi connectivity index (χ1v) is 10.7. The van der Waals surface area contributed by atoms with Crippen LogP contribution in [0.25, 0.3) is 0 Å². The lowest BCUT2D eigenvalue weighted by molar-refractivity contribution is -0.142. The van der Waals surface area contributed by atoms with Crippen LogP contribution in [0.2, 0.25) is 0 Å². The summed E-state index contributed by atoms with van der Waals surface area (Å²) in [6.07, 6.45) is 0.0477. The molecular weight excluding hydrogens is 493 g/mol. The molecule has 9 nitrogen and oxygen atoms in total. The Morgan fingerprint density at radius 1 is 1.14 bits per heavy atom. The molecule has 1 saturated carbocycles. The number of nitrogens with one attached hydrogen (secondary N) is 2. The van der Waals surface area contributed by atoms with Crippen LogP contribution in [-0.2, 0) is 19.2 Å². The fourth-order valence-corrected chi connectivity index (χ4v) is 3.92. The monoisotopic (exact) mass is 515 g/mol. The lowest BCUT2D eigenvalue weighted by atomic mass is 10.1. The number of halogens is 5. The minimum atomic E-state index is -5.21. The normalized spacial score (nSPS) is 23.7. The van der Waals surface area contributed by atoms with Crippen molar-refractivity contribution in [3.63, 3.8) is 0 Å². The smallest absolute Gasteiger partial charge is 0.341 e. The lowest BCUT2D eigenvalue weighted by Gasteiger charge is -2.26. The van der Waals surface area contributed by atoms with Crippen molar-refractivity contribution < 1.29 is 41.1 Å². The van der Waals surface area contributed by atoms with E-state index in [2.05, 4.69) is 5.32 Å². The van der Waals surface area contributed by atoms with Gasteiger partial charge in [-0.05, 0) is 25.5 Å². The number of hydrogen-bond acceptors (Lipinski definition) is 5. The molecule has 4 amide bonds. The Bertz CT molecular complexity index is 1100. The Kier molecular flexibility index (Phi) is 6.98. The van der Waals surface area contributed by atoms with Crippen LogP contribution >= 0.6 is 0 Å². The molecule has 3 rings (SSSR count). The Labute approximate surface area is 202 Å². The van der Waals surface area contributed by atoms with Crippen LogP contribution in [0.4, 0.5) is 27.6 Å². The molecule has 1 aromatic rings. The number of benzene rings is 1. The number of likely N-dealkylation sites (tertiary alicyclic amines) is 1. The maximum absolute atomic E-state index is 13.8. The van der Waals surface area contributed by atoms with Gasteiger partial charge in [0.25, 0.3) is 5.91 Å². The molecule has 36 heavy (non-hydrogen) atoms. The van der Waals surface area contributed by atoms with E-state index in [0.717, 1.165) is 23.8 Å². The number of nitrogens with zero attached hydrogens (tertiary/aromatic N) is 3. The number of para-hydroxylation sites is 1. The van der Waals surface area contributed by atoms with Crippen LogP contribution in [-0.4, -0.2) is 83.2 Å². The van der Waals surface area contributed by atoms with Crippen molar-refractivity contribution in [2.24, 2.45) is 5.92 Å². The molecule has 1 heterocycles. The first-order valence-electron chi connectivity index (χ1n) is 10.7. The van der Waals surface area contributed by atoms with Crippen LogP contribution < -0.4 is 10.6 Å². The third-order valence-electron chi connectivity index (χ3n) is 6.16. The molecule has 14 heteroatoms. The second kappa shape index (κ2) is 9.36. The molecule has 0 radical (unpaired) electrons. The van der Waals surface area contributed by atoms with Crippen LogP contribution in [0.5, 0.6) is 0 Å². The predicted octanol–water partition coefficient (Wildman–Crippen LogP) is 1.32. The molecule has 2 aliphatic rings. The Balaban J connectivity index is 1.57. The van der Waals surface area contributed by atoms with Crippen LogP contribution in [0.1, 0.15) is 13.3 Å². The Hall–Kier alpha value is -3.76. The SMILES string of the molecule is CC(NC(=O)C1(F)C(F)(F)C1(F)F)C(=O)N(C)CC(=O)N1CC(C(=O)Nc2ccccc2)CC1C#N. The molecule has 0 spiro atoms. The fraction of sp³-hybridized carbons (Fsp3) is 0.500. The van der Waals surface area contributed by atoms with Gasteiger partial charge < -0.3 is 20.4 Å². The van der Waals surface area contributed by atoms with E-state index in [1.165, 1.54) is 5.32 Å². The number of amides is 4. The number of nitriles is 1. The molecule has 3 unspecified atom stereocenters. The van der Waals surface area contributed by atoms with E-state index in [1.54, 1.807) is 30.3 Å². The summed E-state index contributed by atoms with van der Waals surface area (Å²) in [5.74, 6) is -15.7. The highest BCUT2D eigenvalue weighted by atomic mass is 19.3. The number of rotatable bonds is 7. The van der Waals surface area contributed by atoms with Gasteiger partial charge in [0.1, 0.15) is 12.1 Å². The Morgan fingerprint density at radius 2 is 1.72 bits per heavy atom. The number of carbonyl (C=O) groups is 4. The summed E-state index contributed by atoms with van der Waals surface area (Å²) < 4.78 is 66.1. The predicted molar refractivity (Wildman–Crippen MR) is 113 cm³/mol. The summed E-state index contributed by atoms with van der Waals surface area (Å²) in [7, 11) is 1.10. The van der Waals surface area contributed by atoms with E-state index in [-0.39, 0.29) is 13.0 Å². The maximum atomic E-state index is 13.8. The zero-order valence-electron chi connectivity index (χ0n) is 19.1. The molecule has 194 valence electrons. The summed E-state index contributed by atoms with van der Waals surface area (Å²) in [6.45, 7) is 0.192. The minimum Gasteiger partial charge on any atom is -0.341 e. The van der Waals surface area contributed by atoms with Crippen molar-refractivity contribution in [2.45, 2.75) is 42.9 Å². The second-order valence-electron chi connectivity index (χ2n) is 8.68. The maximum Gasteiger partial charge on any atom is 0.362 e. The van der Waals surface area contributed by atoms with E-state index >= 15 is 0 Å². The summed E-state index contributed by atoms with van der Waals surface area (Å²) in [5.41, 5.74) is -4.24. The standard InChI is InChI=1S/C22H22F5N5O4/c1-12(29-19(36)20(23)21(24,25)22(20,26)27)18(35)31(2)11-16(33)32-10-13(8-15(32)9-28)17(34)30-14-6-4-3-5-7-14/h3-7,12-13,15H,8,10-11H2,1-2H3,(H,29,36)(H,30,34). The first kappa shape index (κ1) is 26.8. The number of likely N-dealkylation sites (N-methyl/N-ethyl adjacent to an activating group) is 1. The summed E-state index contributed by atoms with van der Waals surface area (Å²) >= 11 is 0.